The van der Waals surface area contributed by atoms with Crippen LogP contribution in [0.5, 0.6) is 0 Å². The van der Waals surface area contributed by atoms with Gasteiger partial charge in [-0.25, -0.2) is 0 Å². The van der Waals surface area contributed by atoms with E-state index in [2.05, 4.69) is 5.32 Å². The van der Waals surface area contributed by atoms with Crippen LogP contribution >= 0.6 is 11.8 Å². The van der Waals surface area contributed by atoms with E-state index < -0.39 is 23.0 Å². The second-order valence-corrected chi connectivity index (χ2v) is 5.31. The Morgan fingerprint density at radius 3 is 2.58 bits per heavy atom. The molecule has 1 aromatic carbocycles. The van der Waals surface area contributed by atoms with Crippen LogP contribution in [0.1, 0.15) is 12.8 Å². The van der Waals surface area contributed by atoms with Crippen LogP contribution in [-0.4, -0.2) is 22.7 Å². The van der Waals surface area contributed by atoms with Crippen molar-refractivity contribution in [3.05, 3.63) is 24.3 Å². The maximum Gasteiger partial charge on any atom is 0.319 e. The molecule has 0 saturated heterocycles. The Kier molecular flexibility index (Phi) is 3.75. The molecule has 7 heteroatoms. The highest BCUT2D eigenvalue weighted by atomic mass is 32.2. The predicted molar refractivity (Wildman–Crippen MR) is 66.2 cm³/mol. The standard InChI is InChI=1S/C12H11F2NO3S/c13-11(14)19-8-3-1-2-7(6-8)15-9(16)12(4-5-12)10(17)18/h1-3,6,11H,4-5H2,(H,15,16)(H,17,18). The number of carboxylic acid groups (broad SMARTS) is 1. The number of halogens is 2. The van der Waals surface area contributed by atoms with E-state index in [4.69, 9.17) is 5.11 Å². The third-order valence-corrected chi connectivity index (χ3v) is 3.62. The summed E-state index contributed by atoms with van der Waals surface area (Å²) in [5.74, 6) is -4.29. The molecule has 0 atom stereocenters. The third-order valence-electron chi connectivity index (χ3n) is 2.91. The number of carbonyl (C=O) groups is 2. The maximum atomic E-state index is 12.2. The van der Waals surface area contributed by atoms with Crippen LogP contribution in [0.15, 0.2) is 29.2 Å². The van der Waals surface area contributed by atoms with Crippen molar-refractivity contribution in [3.63, 3.8) is 0 Å². The molecule has 0 heterocycles. The molecule has 0 radical (unpaired) electrons. The van der Waals surface area contributed by atoms with Crippen molar-refractivity contribution in [2.45, 2.75) is 23.5 Å². The number of carbonyl (C=O) groups excluding carboxylic acids is 1. The summed E-state index contributed by atoms with van der Waals surface area (Å²) >= 11 is 0.368. The van der Waals surface area contributed by atoms with Gasteiger partial charge in [-0.15, -0.1) is 0 Å². The highest BCUT2D eigenvalue weighted by Gasteiger charge is 2.57. The van der Waals surface area contributed by atoms with Crippen molar-refractivity contribution in [2.24, 2.45) is 5.41 Å². The maximum absolute atomic E-state index is 12.2. The average molecular weight is 287 g/mol. The van der Waals surface area contributed by atoms with Gasteiger partial charge in [0.1, 0.15) is 5.41 Å². The second kappa shape index (κ2) is 5.16. The zero-order valence-electron chi connectivity index (χ0n) is 9.73. The summed E-state index contributed by atoms with van der Waals surface area (Å²) in [6, 6.07) is 5.95. The molecule has 102 valence electrons. The van der Waals surface area contributed by atoms with Crippen molar-refractivity contribution in [1.29, 1.82) is 0 Å². The second-order valence-electron chi connectivity index (χ2n) is 4.25. The number of benzene rings is 1. The van der Waals surface area contributed by atoms with E-state index in [1.165, 1.54) is 24.3 Å². The van der Waals surface area contributed by atoms with E-state index in [1.54, 1.807) is 0 Å². The molecule has 2 rings (SSSR count). The van der Waals surface area contributed by atoms with Gasteiger partial charge in [-0.05, 0) is 31.0 Å². The number of anilines is 1. The fraction of sp³-hybridized carbons (Fsp3) is 0.333. The van der Waals surface area contributed by atoms with Gasteiger partial charge in [-0.2, -0.15) is 8.78 Å². The molecule has 0 bridgehead atoms. The molecule has 0 aromatic heterocycles. The first-order valence-corrected chi connectivity index (χ1v) is 6.42. The highest BCUT2D eigenvalue weighted by Crippen LogP contribution is 2.46. The monoisotopic (exact) mass is 287 g/mol. The molecule has 19 heavy (non-hydrogen) atoms. The zero-order chi connectivity index (χ0) is 14.0. The molecule has 4 nitrogen and oxygen atoms in total. The number of aliphatic carboxylic acids is 1. The van der Waals surface area contributed by atoms with E-state index in [0.29, 0.717) is 35.2 Å². The Hall–Kier alpha value is -1.63. The van der Waals surface area contributed by atoms with E-state index in [0.717, 1.165) is 0 Å². The van der Waals surface area contributed by atoms with Gasteiger partial charge in [0.25, 0.3) is 5.76 Å². The lowest BCUT2D eigenvalue weighted by Gasteiger charge is -2.11. The Morgan fingerprint density at radius 1 is 1.37 bits per heavy atom. The summed E-state index contributed by atoms with van der Waals surface area (Å²) in [6.07, 6.45) is 0.610. The Balaban J connectivity index is 2.07. The average Bonchev–Trinajstić information content (AvgIpc) is 3.09. The lowest BCUT2D eigenvalue weighted by molar-refractivity contribution is -0.147. The van der Waals surface area contributed by atoms with Gasteiger partial charge in [0.05, 0.1) is 0 Å². The number of alkyl halides is 2. The Bertz CT molecular complexity index is 517. The summed E-state index contributed by atoms with van der Waals surface area (Å²) in [5.41, 5.74) is -1.02. The minimum Gasteiger partial charge on any atom is -0.480 e. The first-order chi connectivity index (χ1) is 8.94. The van der Waals surface area contributed by atoms with Crippen LogP contribution in [0, 0.1) is 5.41 Å². The number of rotatable bonds is 5. The van der Waals surface area contributed by atoms with E-state index >= 15 is 0 Å². The Labute approximate surface area is 112 Å². The number of nitrogens with one attached hydrogen (secondary N) is 1. The largest absolute Gasteiger partial charge is 0.480 e. The summed E-state index contributed by atoms with van der Waals surface area (Å²) in [5, 5.41) is 11.4. The molecule has 1 aromatic rings. The summed E-state index contributed by atoms with van der Waals surface area (Å²) in [6.45, 7) is 0. The van der Waals surface area contributed by atoms with Gasteiger partial charge >= 0.3 is 5.97 Å². The molecule has 2 N–H and O–H groups in total. The number of amides is 1. The fourth-order valence-corrected chi connectivity index (χ4v) is 2.22. The molecular formula is C12H11F2NO3S. The molecule has 0 spiro atoms. The number of hydrogen-bond acceptors (Lipinski definition) is 3. The predicted octanol–water partition coefficient (Wildman–Crippen LogP) is 2.80. The van der Waals surface area contributed by atoms with E-state index in [9.17, 15) is 18.4 Å². The van der Waals surface area contributed by atoms with Crippen LogP contribution in [0.2, 0.25) is 0 Å². The van der Waals surface area contributed by atoms with Gasteiger partial charge in [-0.1, -0.05) is 17.8 Å². The van der Waals surface area contributed by atoms with Gasteiger partial charge in [-0.3, -0.25) is 9.59 Å². The summed E-state index contributed by atoms with van der Waals surface area (Å²) in [7, 11) is 0. The van der Waals surface area contributed by atoms with Crippen molar-refractivity contribution in [1.82, 2.24) is 0 Å². The SMILES string of the molecule is O=C(O)C1(C(=O)Nc2cccc(SC(F)F)c2)CC1. The normalized spacial score (nSPS) is 16.2. The van der Waals surface area contributed by atoms with Gasteiger partial charge < -0.3 is 10.4 Å². The zero-order valence-corrected chi connectivity index (χ0v) is 10.5. The molecule has 1 saturated carbocycles. The molecular weight excluding hydrogens is 276 g/mol. The smallest absolute Gasteiger partial charge is 0.319 e. The highest BCUT2D eigenvalue weighted by molar-refractivity contribution is 7.99. The van der Waals surface area contributed by atoms with E-state index in [-0.39, 0.29) is 0 Å². The van der Waals surface area contributed by atoms with Crippen molar-refractivity contribution < 1.29 is 23.5 Å². The van der Waals surface area contributed by atoms with Crippen LogP contribution < -0.4 is 5.32 Å². The van der Waals surface area contributed by atoms with Crippen molar-refractivity contribution in [2.75, 3.05) is 5.32 Å². The number of carboxylic acids is 1. The Morgan fingerprint density at radius 2 is 2.05 bits per heavy atom. The molecule has 0 unspecified atom stereocenters. The summed E-state index contributed by atoms with van der Waals surface area (Å²) < 4.78 is 24.4. The van der Waals surface area contributed by atoms with Gasteiger partial charge in [0.2, 0.25) is 5.91 Å². The molecule has 1 fully saturated rings. The van der Waals surface area contributed by atoms with Crippen LogP contribution in [0.3, 0.4) is 0 Å². The quantitative estimate of drug-likeness (QED) is 0.645. The van der Waals surface area contributed by atoms with Crippen LogP contribution in [0.4, 0.5) is 14.5 Å². The molecule has 1 amide bonds. The topological polar surface area (TPSA) is 66.4 Å². The lowest BCUT2D eigenvalue weighted by Crippen LogP contribution is -2.31. The lowest BCUT2D eigenvalue weighted by atomic mass is 10.1. The minimum atomic E-state index is -2.54. The first-order valence-electron chi connectivity index (χ1n) is 5.54. The molecule has 1 aliphatic carbocycles. The fourth-order valence-electron chi connectivity index (χ4n) is 1.66. The minimum absolute atomic E-state index is 0.305. The first kappa shape index (κ1) is 13.8. The van der Waals surface area contributed by atoms with E-state index in [1.807, 2.05) is 0 Å². The van der Waals surface area contributed by atoms with Crippen LogP contribution in [-0.2, 0) is 9.59 Å². The van der Waals surface area contributed by atoms with Gasteiger partial charge in [0, 0.05) is 10.6 Å². The van der Waals surface area contributed by atoms with Gasteiger partial charge in [0.15, 0.2) is 0 Å². The molecule has 1 aliphatic rings. The summed E-state index contributed by atoms with van der Waals surface area (Å²) in [4.78, 5) is 23.1. The third kappa shape index (κ3) is 3.04. The molecule has 0 aliphatic heterocycles. The van der Waals surface area contributed by atoms with Crippen molar-refractivity contribution >= 4 is 29.3 Å². The van der Waals surface area contributed by atoms with Crippen molar-refractivity contribution in [3.8, 4) is 0 Å². The van der Waals surface area contributed by atoms with Crippen LogP contribution in [0.25, 0.3) is 0 Å². The number of hydrogen-bond donors (Lipinski definition) is 2. The number of thioether (sulfide) groups is 1.